The van der Waals surface area contributed by atoms with Crippen LogP contribution in [0.5, 0.6) is 5.75 Å². The van der Waals surface area contributed by atoms with E-state index in [1.807, 2.05) is 12.1 Å². The fourth-order valence-corrected chi connectivity index (χ4v) is 4.46. The average Bonchev–Trinajstić information content (AvgIpc) is 2.83. The molecule has 0 saturated carbocycles. The molecule has 1 saturated heterocycles. The van der Waals surface area contributed by atoms with Crippen LogP contribution >= 0.6 is 0 Å². The predicted octanol–water partition coefficient (Wildman–Crippen LogP) is 3.92. The molecule has 3 unspecified atom stereocenters. The van der Waals surface area contributed by atoms with Gasteiger partial charge >= 0.3 is 0 Å². The summed E-state index contributed by atoms with van der Waals surface area (Å²) in [5, 5.41) is 9.86. The van der Waals surface area contributed by atoms with Gasteiger partial charge in [0.05, 0.1) is 0 Å². The summed E-state index contributed by atoms with van der Waals surface area (Å²) in [7, 11) is 2.25. The summed E-state index contributed by atoms with van der Waals surface area (Å²) in [6, 6.07) is 17.2. The Morgan fingerprint density at radius 2 is 1.86 bits per heavy atom. The fraction of sp³-hybridized carbons (Fsp3) is 0.368. The fourth-order valence-electron chi connectivity index (χ4n) is 4.46. The molecule has 1 aliphatic heterocycles. The third-order valence-electron chi connectivity index (χ3n) is 5.24. The van der Waals surface area contributed by atoms with Crippen molar-refractivity contribution in [2.75, 3.05) is 13.6 Å². The molecule has 1 aliphatic carbocycles. The van der Waals surface area contributed by atoms with Gasteiger partial charge in [-0.1, -0.05) is 36.4 Å². The zero-order valence-corrected chi connectivity index (χ0v) is 12.4. The largest absolute Gasteiger partial charge is 0.508 e. The lowest BCUT2D eigenvalue weighted by molar-refractivity contribution is 0.127. The van der Waals surface area contributed by atoms with Crippen molar-refractivity contribution in [1.82, 2.24) is 4.90 Å². The van der Waals surface area contributed by atoms with E-state index in [0.29, 0.717) is 23.6 Å². The number of hydrogen-bond acceptors (Lipinski definition) is 2. The molecule has 2 aromatic carbocycles. The van der Waals surface area contributed by atoms with Crippen molar-refractivity contribution < 1.29 is 5.11 Å². The first kappa shape index (κ1) is 12.9. The number of piperidine rings is 1. The Morgan fingerprint density at radius 1 is 1.05 bits per heavy atom. The van der Waals surface area contributed by atoms with E-state index < -0.39 is 0 Å². The van der Waals surface area contributed by atoms with Crippen molar-refractivity contribution in [2.24, 2.45) is 5.92 Å². The number of benzene rings is 2. The number of aromatic hydroxyl groups is 1. The van der Waals surface area contributed by atoms with Gasteiger partial charge in [0.25, 0.3) is 0 Å². The summed E-state index contributed by atoms with van der Waals surface area (Å²) < 4.78 is 0. The van der Waals surface area contributed by atoms with Gasteiger partial charge in [-0.05, 0) is 61.2 Å². The Bertz CT molecular complexity index is 666. The normalized spacial score (nSPS) is 28.1. The van der Waals surface area contributed by atoms with Crippen LogP contribution in [0.4, 0.5) is 0 Å². The maximum absolute atomic E-state index is 9.86. The van der Waals surface area contributed by atoms with Crippen molar-refractivity contribution in [3.05, 3.63) is 65.2 Å². The number of nitrogens with zero attached hydrogens (tertiary/aromatic N) is 1. The molecule has 0 radical (unpaired) electrons. The molecule has 2 heteroatoms. The molecule has 3 atom stereocenters. The van der Waals surface area contributed by atoms with Gasteiger partial charge in [0.15, 0.2) is 0 Å². The van der Waals surface area contributed by atoms with Crippen LogP contribution in [0.3, 0.4) is 0 Å². The number of rotatable bonds is 1. The maximum atomic E-state index is 9.86. The molecule has 2 nitrogen and oxygen atoms in total. The highest BCUT2D eigenvalue weighted by molar-refractivity contribution is 5.47. The van der Waals surface area contributed by atoms with E-state index in [1.165, 1.54) is 36.1 Å². The van der Waals surface area contributed by atoms with Gasteiger partial charge in [-0.25, -0.2) is 0 Å². The summed E-state index contributed by atoms with van der Waals surface area (Å²) >= 11 is 0. The van der Waals surface area contributed by atoms with Gasteiger partial charge in [-0.2, -0.15) is 0 Å². The second-order valence-corrected chi connectivity index (χ2v) is 6.43. The second-order valence-electron chi connectivity index (χ2n) is 6.43. The Morgan fingerprint density at radius 3 is 2.67 bits per heavy atom. The number of likely N-dealkylation sites (tertiary alicyclic amines) is 1. The molecule has 0 aromatic heterocycles. The highest BCUT2D eigenvalue weighted by atomic mass is 16.3. The van der Waals surface area contributed by atoms with E-state index >= 15 is 0 Å². The average molecular weight is 279 g/mol. The molecule has 4 rings (SSSR count). The van der Waals surface area contributed by atoms with Gasteiger partial charge < -0.3 is 5.11 Å². The SMILES string of the molecule is CN1CCCC2C(c3cccc(O)c3)c3ccccc3C21. The summed E-state index contributed by atoms with van der Waals surface area (Å²) in [6.07, 6.45) is 2.53. The topological polar surface area (TPSA) is 23.5 Å². The van der Waals surface area contributed by atoms with E-state index in [0.717, 1.165) is 0 Å². The summed E-state index contributed by atoms with van der Waals surface area (Å²) in [6.45, 7) is 1.18. The van der Waals surface area contributed by atoms with Gasteiger partial charge in [0.2, 0.25) is 0 Å². The van der Waals surface area contributed by atoms with Crippen LogP contribution in [0.2, 0.25) is 0 Å². The highest BCUT2D eigenvalue weighted by Crippen LogP contribution is 2.54. The first-order valence-corrected chi connectivity index (χ1v) is 7.83. The van der Waals surface area contributed by atoms with Crippen LogP contribution in [0.15, 0.2) is 48.5 Å². The van der Waals surface area contributed by atoms with Crippen LogP contribution in [-0.2, 0) is 0 Å². The number of fused-ring (bicyclic) bond motifs is 3. The summed E-state index contributed by atoms with van der Waals surface area (Å²) in [4.78, 5) is 2.51. The van der Waals surface area contributed by atoms with Crippen LogP contribution < -0.4 is 0 Å². The molecule has 0 amide bonds. The Hall–Kier alpha value is -1.80. The lowest BCUT2D eigenvalue weighted by atomic mass is 9.80. The lowest BCUT2D eigenvalue weighted by Gasteiger charge is -2.37. The summed E-state index contributed by atoms with van der Waals surface area (Å²) in [5.41, 5.74) is 4.19. The minimum atomic E-state index is 0.373. The van der Waals surface area contributed by atoms with Crippen molar-refractivity contribution in [1.29, 1.82) is 0 Å². The second kappa shape index (κ2) is 4.88. The molecule has 21 heavy (non-hydrogen) atoms. The molecular formula is C19H21NO. The standard InChI is InChI=1S/C19H21NO/c1-20-11-5-10-17-18(13-6-4-7-14(21)12-13)15-8-2-3-9-16(15)19(17)20/h2-4,6-9,12,17-19,21H,5,10-11H2,1H3. The number of phenolic OH excluding ortho intramolecular Hbond substituents is 1. The van der Waals surface area contributed by atoms with E-state index in [-0.39, 0.29) is 0 Å². The molecule has 1 heterocycles. The van der Waals surface area contributed by atoms with Crippen LogP contribution in [0, 0.1) is 5.92 Å². The molecule has 1 fully saturated rings. The molecule has 0 spiro atoms. The molecule has 2 aromatic rings. The minimum absolute atomic E-state index is 0.373. The molecule has 1 N–H and O–H groups in total. The van der Waals surface area contributed by atoms with Gasteiger partial charge in [0.1, 0.15) is 5.75 Å². The zero-order valence-electron chi connectivity index (χ0n) is 12.4. The first-order valence-electron chi connectivity index (χ1n) is 7.83. The van der Waals surface area contributed by atoms with E-state index in [1.54, 1.807) is 6.07 Å². The maximum Gasteiger partial charge on any atom is 0.115 e. The zero-order chi connectivity index (χ0) is 14.4. The number of phenols is 1. The Kier molecular flexibility index (Phi) is 3.00. The quantitative estimate of drug-likeness (QED) is 0.855. The van der Waals surface area contributed by atoms with Crippen molar-refractivity contribution in [3.63, 3.8) is 0 Å². The van der Waals surface area contributed by atoms with Crippen LogP contribution in [0.1, 0.15) is 41.5 Å². The highest BCUT2D eigenvalue weighted by Gasteiger charge is 2.44. The summed E-state index contributed by atoms with van der Waals surface area (Å²) in [5.74, 6) is 1.42. The van der Waals surface area contributed by atoms with Crippen LogP contribution in [-0.4, -0.2) is 23.6 Å². The van der Waals surface area contributed by atoms with E-state index in [9.17, 15) is 5.11 Å². The number of hydrogen-bond donors (Lipinski definition) is 1. The Labute approximate surface area is 126 Å². The molecule has 108 valence electrons. The first-order chi connectivity index (χ1) is 10.3. The van der Waals surface area contributed by atoms with Gasteiger partial charge in [0, 0.05) is 12.0 Å². The van der Waals surface area contributed by atoms with E-state index in [4.69, 9.17) is 0 Å². The lowest BCUT2D eigenvalue weighted by Crippen LogP contribution is -2.34. The third-order valence-corrected chi connectivity index (χ3v) is 5.24. The molecule has 2 aliphatic rings. The van der Waals surface area contributed by atoms with Crippen molar-refractivity contribution in [3.8, 4) is 5.75 Å². The van der Waals surface area contributed by atoms with Gasteiger partial charge in [-0.3, -0.25) is 4.90 Å². The Balaban J connectivity index is 1.86. The smallest absolute Gasteiger partial charge is 0.115 e. The van der Waals surface area contributed by atoms with E-state index in [2.05, 4.69) is 42.3 Å². The minimum Gasteiger partial charge on any atom is -0.508 e. The molecule has 0 bridgehead atoms. The molecular weight excluding hydrogens is 258 g/mol. The van der Waals surface area contributed by atoms with Crippen LogP contribution in [0.25, 0.3) is 0 Å². The third kappa shape index (κ3) is 1.97. The predicted molar refractivity (Wildman–Crippen MR) is 84.5 cm³/mol. The van der Waals surface area contributed by atoms with Crippen molar-refractivity contribution in [2.45, 2.75) is 24.8 Å². The van der Waals surface area contributed by atoms with Crippen molar-refractivity contribution >= 4 is 0 Å². The monoisotopic (exact) mass is 279 g/mol. The van der Waals surface area contributed by atoms with Gasteiger partial charge in [-0.15, -0.1) is 0 Å².